The van der Waals surface area contributed by atoms with Crippen molar-refractivity contribution in [2.24, 2.45) is 11.8 Å². The number of allylic oxidation sites excluding steroid dienone is 2. The predicted octanol–water partition coefficient (Wildman–Crippen LogP) is 3.87. The molecule has 1 unspecified atom stereocenters. The third-order valence-corrected chi connectivity index (χ3v) is 5.41. The zero-order valence-corrected chi connectivity index (χ0v) is 12.7. The molecule has 0 heterocycles. The first kappa shape index (κ1) is 12.4. The van der Waals surface area contributed by atoms with Gasteiger partial charge >= 0.3 is 0 Å². The van der Waals surface area contributed by atoms with Crippen LogP contribution in [0.1, 0.15) is 18.4 Å². The van der Waals surface area contributed by atoms with E-state index in [0.29, 0.717) is 10.7 Å². The molecule has 0 spiro atoms. The van der Waals surface area contributed by atoms with Crippen LogP contribution in [0.3, 0.4) is 0 Å². The van der Waals surface area contributed by atoms with Gasteiger partial charge in [-0.2, -0.15) is 0 Å². The van der Waals surface area contributed by atoms with Crippen molar-refractivity contribution in [1.82, 2.24) is 0 Å². The quantitative estimate of drug-likeness (QED) is 0.761. The average Bonchev–Trinajstić information content (AvgIpc) is 2.81. The van der Waals surface area contributed by atoms with E-state index < -0.39 is 0 Å². The summed E-state index contributed by atoms with van der Waals surface area (Å²) in [4.78, 5) is 12.6. The molecule has 2 nitrogen and oxygen atoms in total. The highest BCUT2D eigenvalue weighted by Gasteiger charge is 2.46. The highest BCUT2D eigenvalue weighted by molar-refractivity contribution is 9.12. The Morgan fingerprint density at radius 2 is 1.72 bits per heavy atom. The number of benzene rings is 1. The number of alkyl halides is 1. The summed E-state index contributed by atoms with van der Waals surface area (Å²) >= 11 is 7.08. The predicted molar refractivity (Wildman–Crippen MR) is 77.9 cm³/mol. The van der Waals surface area contributed by atoms with E-state index in [0.717, 1.165) is 28.5 Å². The highest BCUT2D eigenvalue weighted by Crippen LogP contribution is 2.52. The second-order valence-electron chi connectivity index (χ2n) is 4.92. The van der Waals surface area contributed by atoms with Crippen LogP contribution in [0.5, 0.6) is 5.75 Å². The molecule has 1 N–H and O–H groups in total. The Labute approximate surface area is 122 Å². The fraction of sp³-hybridized carbons (Fsp3) is 0.357. The van der Waals surface area contributed by atoms with Crippen LogP contribution in [0, 0.1) is 11.8 Å². The van der Waals surface area contributed by atoms with Gasteiger partial charge in [-0.25, -0.2) is 0 Å². The molecule has 0 aliphatic heterocycles. The van der Waals surface area contributed by atoms with Crippen LogP contribution in [0.15, 0.2) is 28.7 Å². The molecule has 0 aromatic heterocycles. The Morgan fingerprint density at radius 1 is 1.11 bits per heavy atom. The summed E-state index contributed by atoms with van der Waals surface area (Å²) in [6, 6.07) is 7.09. The Hall–Kier alpha value is -0.610. The van der Waals surface area contributed by atoms with Gasteiger partial charge in [0.15, 0.2) is 5.78 Å². The Balaban J connectivity index is 2.04. The number of rotatable bonds is 1. The normalized spacial score (nSPS) is 31.0. The molecule has 2 aliphatic carbocycles. The second-order valence-corrected chi connectivity index (χ2v) is 7.01. The van der Waals surface area contributed by atoms with E-state index in [1.165, 1.54) is 0 Å². The molecule has 0 amide bonds. The molecule has 1 fully saturated rings. The first-order chi connectivity index (χ1) is 8.58. The number of phenols is 1. The SMILES string of the molecule is O=C1C(Br)=C(c2ccc(O)cc2)C2C[C@H](Br)C[C@@H]12. The minimum Gasteiger partial charge on any atom is -0.508 e. The summed E-state index contributed by atoms with van der Waals surface area (Å²) in [5.74, 6) is 0.902. The minimum absolute atomic E-state index is 0.118. The Morgan fingerprint density at radius 3 is 2.39 bits per heavy atom. The van der Waals surface area contributed by atoms with Gasteiger partial charge in [-0.15, -0.1) is 0 Å². The Kier molecular flexibility index (Phi) is 3.10. The lowest BCUT2D eigenvalue weighted by atomic mass is 9.90. The van der Waals surface area contributed by atoms with E-state index in [2.05, 4.69) is 31.9 Å². The molecular weight excluding hydrogens is 360 g/mol. The van der Waals surface area contributed by atoms with Gasteiger partial charge in [-0.3, -0.25) is 4.79 Å². The molecule has 1 aromatic carbocycles. The van der Waals surface area contributed by atoms with Crippen molar-refractivity contribution in [2.45, 2.75) is 17.7 Å². The zero-order valence-electron chi connectivity index (χ0n) is 9.57. The van der Waals surface area contributed by atoms with Gasteiger partial charge in [-0.05, 0) is 58.0 Å². The van der Waals surface area contributed by atoms with Crippen molar-refractivity contribution >= 4 is 43.2 Å². The van der Waals surface area contributed by atoms with Crippen LogP contribution < -0.4 is 0 Å². The summed E-state index contributed by atoms with van der Waals surface area (Å²) in [7, 11) is 0. The summed E-state index contributed by atoms with van der Waals surface area (Å²) in [5, 5.41) is 9.34. The standard InChI is InChI=1S/C14H12Br2O2/c15-8-5-10-11(6-8)14(18)13(16)12(10)7-1-3-9(17)4-2-7/h1-4,8,10-11,17H,5-6H2/t8-,10?,11+/m0/s1. The van der Waals surface area contributed by atoms with E-state index in [4.69, 9.17) is 0 Å². The third kappa shape index (κ3) is 1.86. The largest absolute Gasteiger partial charge is 0.508 e. The first-order valence-corrected chi connectivity index (χ1v) is 7.66. The summed E-state index contributed by atoms with van der Waals surface area (Å²) in [6.45, 7) is 0. The zero-order chi connectivity index (χ0) is 12.9. The molecule has 94 valence electrons. The van der Waals surface area contributed by atoms with Gasteiger partial charge in [0, 0.05) is 10.7 Å². The van der Waals surface area contributed by atoms with Crippen molar-refractivity contribution in [1.29, 1.82) is 0 Å². The summed E-state index contributed by atoms with van der Waals surface area (Å²) < 4.78 is 0.725. The molecule has 0 radical (unpaired) electrons. The number of hydrogen-bond donors (Lipinski definition) is 1. The van der Waals surface area contributed by atoms with Gasteiger partial charge < -0.3 is 5.11 Å². The third-order valence-electron chi connectivity index (χ3n) is 3.84. The van der Waals surface area contributed by atoms with Gasteiger partial charge in [-0.1, -0.05) is 28.1 Å². The molecule has 0 bridgehead atoms. The maximum absolute atomic E-state index is 12.2. The number of phenolic OH excluding ortho intramolecular Hbond substituents is 1. The van der Waals surface area contributed by atoms with Crippen molar-refractivity contribution in [3.8, 4) is 5.75 Å². The lowest BCUT2D eigenvalue weighted by molar-refractivity contribution is -0.118. The van der Waals surface area contributed by atoms with Gasteiger partial charge in [0.05, 0.1) is 4.48 Å². The molecule has 1 saturated carbocycles. The van der Waals surface area contributed by atoms with Gasteiger partial charge in [0.25, 0.3) is 0 Å². The number of Topliss-reactive ketones (excluding diaryl/α,β-unsaturated/α-hetero) is 1. The number of carbonyl (C=O) groups is 1. The van der Waals surface area contributed by atoms with Crippen LogP contribution in [0.4, 0.5) is 0 Å². The van der Waals surface area contributed by atoms with E-state index in [-0.39, 0.29) is 17.5 Å². The van der Waals surface area contributed by atoms with Crippen LogP contribution in [-0.2, 0) is 4.79 Å². The summed E-state index contributed by atoms with van der Waals surface area (Å²) in [5.41, 5.74) is 2.13. The molecule has 18 heavy (non-hydrogen) atoms. The molecule has 3 atom stereocenters. The van der Waals surface area contributed by atoms with E-state index in [1.54, 1.807) is 12.1 Å². The number of aromatic hydroxyl groups is 1. The molecular formula is C14H12Br2O2. The maximum atomic E-state index is 12.2. The molecule has 1 aromatic rings. The number of halogens is 2. The number of hydrogen-bond acceptors (Lipinski definition) is 2. The van der Waals surface area contributed by atoms with Crippen molar-refractivity contribution in [3.05, 3.63) is 34.3 Å². The Bertz CT molecular complexity index is 533. The fourth-order valence-corrected chi connectivity index (χ4v) is 4.65. The molecule has 2 aliphatic rings. The number of carbonyl (C=O) groups excluding carboxylic acids is 1. The fourth-order valence-electron chi connectivity index (χ4n) is 3.02. The number of fused-ring (bicyclic) bond motifs is 1. The summed E-state index contributed by atoms with van der Waals surface area (Å²) in [6.07, 6.45) is 1.92. The van der Waals surface area contributed by atoms with E-state index >= 15 is 0 Å². The smallest absolute Gasteiger partial charge is 0.173 e. The van der Waals surface area contributed by atoms with Crippen LogP contribution in [0.2, 0.25) is 0 Å². The van der Waals surface area contributed by atoms with Crippen molar-refractivity contribution < 1.29 is 9.90 Å². The maximum Gasteiger partial charge on any atom is 0.173 e. The van der Waals surface area contributed by atoms with Gasteiger partial charge in [0.2, 0.25) is 0 Å². The van der Waals surface area contributed by atoms with E-state index in [9.17, 15) is 9.90 Å². The topological polar surface area (TPSA) is 37.3 Å². The molecule has 0 saturated heterocycles. The van der Waals surface area contributed by atoms with Crippen LogP contribution in [0.25, 0.3) is 5.57 Å². The second kappa shape index (κ2) is 4.49. The van der Waals surface area contributed by atoms with E-state index in [1.807, 2.05) is 12.1 Å². The van der Waals surface area contributed by atoms with Crippen LogP contribution >= 0.6 is 31.9 Å². The lowest BCUT2D eigenvalue weighted by Crippen LogP contribution is -2.10. The lowest BCUT2D eigenvalue weighted by Gasteiger charge is -2.13. The minimum atomic E-state index is 0.118. The molecule has 4 heteroatoms. The average molecular weight is 372 g/mol. The van der Waals surface area contributed by atoms with Crippen molar-refractivity contribution in [3.63, 3.8) is 0 Å². The monoisotopic (exact) mass is 370 g/mol. The van der Waals surface area contributed by atoms with Crippen LogP contribution in [-0.4, -0.2) is 15.7 Å². The van der Waals surface area contributed by atoms with Crippen molar-refractivity contribution in [2.75, 3.05) is 0 Å². The number of ketones is 1. The molecule has 3 rings (SSSR count). The highest BCUT2D eigenvalue weighted by atomic mass is 79.9. The first-order valence-electron chi connectivity index (χ1n) is 5.95. The van der Waals surface area contributed by atoms with Gasteiger partial charge in [0.1, 0.15) is 5.75 Å².